The molecule has 1 aliphatic rings. The van der Waals surface area contributed by atoms with E-state index >= 15 is 0 Å². The highest BCUT2D eigenvalue weighted by molar-refractivity contribution is 9.10. The van der Waals surface area contributed by atoms with Crippen LogP contribution in [-0.2, 0) is 4.74 Å². The number of H-pyrrole nitrogens is 1. The number of hydrogen-bond donors (Lipinski definition) is 1. The number of amides is 1. The van der Waals surface area contributed by atoms with E-state index in [9.17, 15) is 9.59 Å². The monoisotopic (exact) mass is 419 g/mol. The zero-order valence-electron chi connectivity index (χ0n) is 15.1. The maximum absolute atomic E-state index is 12.5. The fourth-order valence-electron chi connectivity index (χ4n) is 3.04. The lowest BCUT2D eigenvalue weighted by atomic mass is 10.1. The van der Waals surface area contributed by atoms with E-state index in [-0.39, 0.29) is 12.1 Å². The van der Waals surface area contributed by atoms with Crippen molar-refractivity contribution in [3.05, 3.63) is 40.3 Å². The molecule has 1 aliphatic heterocycles. The normalized spacial score (nSPS) is 17.4. The Morgan fingerprint density at radius 2 is 2.19 bits per heavy atom. The number of carbonyl (C=O) groups excluding carboxylic acids is 2. The molecule has 138 valence electrons. The fourth-order valence-corrected chi connectivity index (χ4v) is 3.38. The number of rotatable bonds is 3. The first-order chi connectivity index (χ1) is 12.3. The predicted octanol–water partition coefficient (Wildman–Crippen LogP) is 4.72. The van der Waals surface area contributed by atoms with Crippen molar-refractivity contribution in [2.45, 2.75) is 45.3 Å². The Hall–Kier alpha value is -2.15. The summed E-state index contributed by atoms with van der Waals surface area (Å²) in [4.78, 5) is 33.1. The Labute approximate surface area is 161 Å². The molecule has 6 nitrogen and oxygen atoms in total. The number of likely N-dealkylation sites (tertiary alicyclic amines) is 1. The van der Waals surface area contributed by atoms with E-state index < -0.39 is 5.60 Å². The lowest BCUT2D eigenvalue weighted by molar-refractivity contribution is 0.0218. The Morgan fingerprint density at radius 1 is 1.42 bits per heavy atom. The second-order valence-corrected chi connectivity index (χ2v) is 8.22. The Kier molecular flexibility index (Phi) is 5.18. The summed E-state index contributed by atoms with van der Waals surface area (Å²) >= 11 is 3.35. The number of imidazole rings is 1. The molecule has 1 N–H and O–H groups in total. The van der Waals surface area contributed by atoms with E-state index in [2.05, 4.69) is 25.9 Å². The van der Waals surface area contributed by atoms with Crippen LogP contribution in [0, 0.1) is 0 Å². The van der Waals surface area contributed by atoms with Gasteiger partial charge in [-0.05, 0) is 45.7 Å². The number of nitrogens with one attached hydrogen (secondary N) is 1. The van der Waals surface area contributed by atoms with Gasteiger partial charge in [-0.1, -0.05) is 22.0 Å². The molecule has 0 aliphatic carbocycles. The minimum atomic E-state index is -0.527. The number of benzene rings is 1. The van der Waals surface area contributed by atoms with E-state index in [1.807, 2.05) is 32.9 Å². The van der Waals surface area contributed by atoms with Gasteiger partial charge in [-0.3, -0.25) is 9.69 Å². The zero-order valence-corrected chi connectivity index (χ0v) is 16.7. The summed E-state index contributed by atoms with van der Waals surface area (Å²) < 4.78 is 6.26. The van der Waals surface area contributed by atoms with Crippen molar-refractivity contribution in [3.8, 4) is 11.3 Å². The number of aromatic nitrogens is 2. The summed E-state index contributed by atoms with van der Waals surface area (Å²) in [5.74, 6) is 0.735. The third kappa shape index (κ3) is 3.98. The number of carbonyl (C=O) groups is 2. The van der Waals surface area contributed by atoms with Crippen LogP contribution in [0.15, 0.2) is 28.9 Å². The second-order valence-electron chi connectivity index (χ2n) is 7.37. The van der Waals surface area contributed by atoms with Crippen molar-refractivity contribution in [1.29, 1.82) is 0 Å². The van der Waals surface area contributed by atoms with Gasteiger partial charge in [0.1, 0.15) is 11.4 Å². The highest BCUT2D eigenvalue weighted by Crippen LogP contribution is 2.33. The molecular weight excluding hydrogens is 398 g/mol. The Balaban J connectivity index is 1.82. The summed E-state index contributed by atoms with van der Waals surface area (Å²) in [6.07, 6.45) is 3.98. The molecule has 1 fully saturated rings. The lowest BCUT2D eigenvalue weighted by Crippen LogP contribution is -2.36. The van der Waals surface area contributed by atoms with Gasteiger partial charge >= 0.3 is 6.09 Å². The average Bonchev–Trinajstić information content (AvgIpc) is 3.22. The maximum Gasteiger partial charge on any atom is 0.410 e. The van der Waals surface area contributed by atoms with Crippen LogP contribution in [0.4, 0.5) is 4.79 Å². The predicted molar refractivity (Wildman–Crippen MR) is 102 cm³/mol. The third-order valence-corrected chi connectivity index (χ3v) is 4.95. The summed E-state index contributed by atoms with van der Waals surface area (Å²) in [5.41, 5.74) is 1.73. The number of ether oxygens (including phenoxy) is 1. The van der Waals surface area contributed by atoms with Gasteiger partial charge < -0.3 is 9.72 Å². The molecule has 1 unspecified atom stereocenters. The third-order valence-electron chi connectivity index (χ3n) is 4.23. The van der Waals surface area contributed by atoms with Gasteiger partial charge in [-0.25, -0.2) is 9.78 Å². The van der Waals surface area contributed by atoms with Crippen LogP contribution in [0.1, 0.15) is 55.8 Å². The minimum Gasteiger partial charge on any atom is -0.444 e. The summed E-state index contributed by atoms with van der Waals surface area (Å²) in [6.45, 7) is 6.24. The van der Waals surface area contributed by atoms with E-state index in [4.69, 9.17) is 4.74 Å². The van der Waals surface area contributed by atoms with Crippen molar-refractivity contribution < 1.29 is 14.3 Å². The van der Waals surface area contributed by atoms with Crippen LogP contribution in [0.25, 0.3) is 11.3 Å². The maximum atomic E-state index is 12.5. The van der Waals surface area contributed by atoms with Gasteiger partial charge in [-0.2, -0.15) is 0 Å². The van der Waals surface area contributed by atoms with Gasteiger partial charge in [0.25, 0.3) is 0 Å². The minimum absolute atomic E-state index is 0.125. The van der Waals surface area contributed by atoms with Crippen LogP contribution in [-0.4, -0.2) is 39.4 Å². The van der Waals surface area contributed by atoms with Crippen molar-refractivity contribution in [2.75, 3.05) is 6.54 Å². The molecular formula is C19H22BrN3O3. The van der Waals surface area contributed by atoms with Crippen molar-refractivity contribution in [2.24, 2.45) is 0 Å². The van der Waals surface area contributed by atoms with Crippen LogP contribution >= 0.6 is 15.9 Å². The van der Waals surface area contributed by atoms with Crippen molar-refractivity contribution in [1.82, 2.24) is 14.9 Å². The highest BCUT2D eigenvalue weighted by Gasteiger charge is 2.34. The van der Waals surface area contributed by atoms with Crippen LogP contribution in [0.3, 0.4) is 0 Å². The van der Waals surface area contributed by atoms with Crippen LogP contribution < -0.4 is 0 Å². The molecule has 1 saturated heterocycles. The van der Waals surface area contributed by atoms with Gasteiger partial charge in [0, 0.05) is 22.1 Å². The van der Waals surface area contributed by atoms with E-state index in [0.29, 0.717) is 12.1 Å². The summed E-state index contributed by atoms with van der Waals surface area (Å²) in [7, 11) is 0. The van der Waals surface area contributed by atoms with Gasteiger partial charge in [-0.15, -0.1) is 0 Å². The summed E-state index contributed by atoms with van der Waals surface area (Å²) in [5, 5.41) is 0. The van der Waals surface area contributed by atoms with Crippen molar-refractivity contribution in [3.63, 3.8) is 0 Å². The van der Waals surface area contributed by atoms with Crippen LogP contribution in [0.2, 0.25) is 0 Å². The molecule has 1 aromatic heterocycles. The standard InChI is InChI=1S/C19H22BrN3O3/c1-19(2,3)26-18(25)23-8-4-5-16(23)17-21-10-15(22-17)12-6-7-14(20)13(9-12)11-24/h6-7,9-11,16H,4-5,8H2,1-3H3,(H,21,22). The molecule has 3 rings (SSSR count). The van der Waals surface area contributed by atoms with E-state index in [1.165, 1.54) is 0 Å². The van der Waals surface area contributed by atoms with Gasteiger partial charge in [0.15, 0.2) is 6.29 Å². The Bertz CT molecular complexity index is 826. The average molecular weight is 420 g/mol. The molecule has 26 heavy (non-hydrogen) atoms. The zero-order chi connectivity index (χ0) is 18.9. The number of aromatic amines is 1. The molecule has 1 atom stereocenters. The fraction of sp³-hybridized carbons (Fsp3) is 0.421. The molecule has 0 saturated carbocycles. The van der Waals surface area contributed by atoms with Crippen molar-refractivity contribution >= 4 is 28.3 Å². The first-order valence-corrected chi connectivity index (χ1v) is 9.37. The summed E-state index contributed by atoms with van der Waals surface area (Å²) in [6, 6.07) is 5.42. The quantitative estimate of drug-likeness (QED) is 0.729. The highest BCUT2D eigenvalue weighted by atomic mass is 79.9. The van der Waals surface area contributed by atoms with E-state index in [0.717, 1.165) is 40.7 Å². The first kappa shape index (κ1) is 18.6. The van der Waals surface area contributed by atoms with E-state index in [1.54, 1.807) is 17.2 Å². The largest absolute Gasteiger partial charge is 0.444 e. The number of nitrogens with zero attached hydrogens (tertiary/aromatic N) is 2. The topological polar surface area (TPSA) is 75.3 Å². The second kappa shape index (κ2) is 7.23. The molecule has 2 heterocycles. The first-order valence-electron chi connectivity index (χ1n) is 8.58. The molecule has 0 radical (unpaired) electrons. The molecule has 1 aromatic carbocycles. The lowest BCUT2D eigenvalue weighted by Gasteiger charge is -2.27. The van der Waals surface area contributed by atoms with Crippen LogP contribution in [0.5, 0.6) is 0 Å². The molecule has 0 spiro atoms. The molecule has 7 heteroatoms. The van der Waals surface area contributed by atoms with Gasteiger partial charge in [0.2, 0.25) is 0 Å². The molecule has 1 amide bonds. The Morgan fingerprint density at radius 3 is 2.88 bits per heavy atom. The number of hydrogen-bond acceptors (Lipinski definition) is 4. The smallest absolute Gasteiger partial charge is 0.410 e. The number of halogens is 1. The molecule has 0 bridgehead atoms. The number of aldehydes is 1. The SMILES string of the molecule is CC(C)(C)OC(=O)N1CCCC1c1ncc(-c2ccc(Br)c(C=O)c2)[nH]1. The molecule has 2 aromatic rings. The van der Waals surface area contributed by atoms with Gasteiger partial charge in [0.05, 0.1) is 17.9 Å².